The monoisotopic (exact) mass is 235 g/mol. The smallest absolute Gasteiger partial charge is 0.138 e. The number of rotatable bonds is 6. The standard InChI is InChI=1S/C14H21NO2/c1-10(2)14(16)6-5-12-7-13(9-15-8-12)17-11(3)4/h7-11H,5-6H2,1-4H3. The first kappa shape index (κ1) is 13.7. The number of carbonyl (C=O) groups is 1. The van der Waals surface area contributed by atoms with Gasteiger partial charge in [0.2, 0.25) is 0 Å². The van der Waals surface area contributed by atoms with Gasteiger partial charge in [-0.1, -0.05) is 13.8 Å². The molecule has 0 unspecified atom stereocenters. The number of pyridine rings is 1. The Bertz CT molecular complexity index is 372. The van der Waals surface area contributed by atoms with Gasteiger partial charge in [-0.2, -0.15) is 0 Å². The van der Waals surface area contributed by atoms with Gasteiger partial charge in [-0.25, -0.2) is 0 Å². The molecule has 1 aromatic heterocycles. The second-order valence-corrected chi connectivity index (χ2v) is 4.82. The summed E-state index contributed by atoms with van der Waals surface area (Å²) in [6.07, 6.45) is 4.95. The van der Waals surface area contributed by atoms with Crippen molar-refractivity contribution < 1.29 is 9.53 Å². The molecule has 17 heavy (non-hydrogen) atoms. The van der Waals surface area contributed by atoms with Gasteiger partial charge < -0.3 is 4.74 Å². The second kappa shape index (κ2) is 6.38. The van der Waals surface area contributed by atoms with Crippen molar-refractivity contribution in [1.82, 2.24) is 4.98 Å². The molecule has 0 bridgehead atoms. The van der Waals surface area contributed by atoms with Crippen LogP contribution in [0.15, 0.2) is 18.5 Å². The van der Waals surface area contributed by atoms with Crippen molar-refractivity contribution in [2.24, 2.45) is 5.92 Å². The van der Waals surface area contributed by atoms with Crippen LogP contribution in [-0.2, 0) is 11.2 Å². The van der Waals surface area contributed by atoms with Gasteiger partial charge in [0, 0.05) is 18.5 Å². The van der Waals surface area contributed by atoms with Crippen molar-refractivity contribution in [2.75, 3.05) is 0 Å². The highest BCUT2D eigenvalue weighted by atomic mass is 16.5. The summed E-state index contributed by atoms with van der Waals surface area (Å²) in [7, 11) is 0. The molecular weight excluding hydrogens is 214 g/mol. The molecule has 3 nitrogen and oxygen atoms in total. The lowest BCUT2D eigenvalue weighted by molar-refractivity contribution is -0.121. The summed E-state index contributed by atoms with van der Waals surface area (Å²) in [6, 6.07) is 1.96. The third-order valence-corrected chi connectivity index (χ3v) is 2.45. The number of hydrogen-bond acceptors (Lipinski definition) is 3. The minimum atomic E-state index is 0.109. The van der Waals surface area contributed by atoms with Crippen molar-refractivity contribution in [3.05, 3.63) is 24.0 Å². The molecule has 0 aliphatic heterocycles. The van der Waals surface area contributed by atoms with E-state index in [9.17, 15) is 4.79 Å². The molecule has 0 atom stereocenters. The summed E-state index contributed by atoms with van der Waals surface area (Å²) in [5.41, 5.74) is 1.05. The fourth-order valence-electron chi connectivity index (χ4n) is 1.49. The van der Waals surface area contributed by atoms with E-state index in [1.54, 1.807) is 12.4 Å². The highest BCUT2D eigenvalue weighted by Gasteiger charge is 2.08. The number of ketones is 1. The van der Waals surface area contributed by atoms with E-state index in [4.69, 9.17) is 4.74 Å². The Kier molecular flexibility index (Phi) is 5.13. The normalized spacial score (nSPS) is 10.9. The fraction of sp³-hybridized carbons (Fsp3) is 0.571. The van der Waals surface area contributed by atoms with Crippen molar-refractivity contribution >= 4 is 5.78 Å². The van der Waals surface area contributed by atoms with Crippen molar-refractivity contribution in [3.8, 4) is 5.75 Å². The SMILES string of the molecule is CC(C)Oc1cncc(CCC(=O)C(C)C)c1. The summed E-state index contributed by atoms with van der Waals surface area (Å²) in [5.74, 6) is 1.17. The van der Waals surface area contributed by atoms with Crippen molar-refractivity contribution in [3.63, 3.8) is 0 Å². The Labute approximate surface area is 103 Å². The van der Waals surface area contributed by atoms with Crippen LogP contribution in [0.5, 0.6) is 5.75 Å². The van der Waals surface area contributed by atoms with Gasteiger partial charge in [0.15, 0.2) is 0 Å². The number of aryl methyl sites for hydroxylation is 1. The Balaban J connectivity index is 2.57. The van der Waals surface area contributed by atoms with Crippen molar-refractivity contribution in [1.29, 1.82) is 0 Å². The quantitative estimate of drug-likeness (QED) is 0.760. The first-order valence-electron chi connectivity index (χ1n) is 6.12. The van der Waals surface area contributed by atoms with Gasteiger partial charge in [-0.05, 0) is 31.9 Å². The van der Waals surface area contributed by atoms with Gasteiger partial charge >= 0.3 is 0 Å². The van der Waals surface area contributed by atoms with Gasteiger partial charge in [-0.15, -0.1) is 0 Å². The maximum Gasteiger partial charge on any atom is 0.138 e. The number of Topliss-reactive ketones (excluding diaryl/α,β-unsaturated/α-hetero) is 1. The number of aromatic nitrogens is 1. The van der Waals surface area contributed by atoms with Gasteiger partial charge in [-0.3, -0.25) is 9.78 Å². The Hall–Kier alpha value is -1.38. The molecule has 94 valence electrons. The average molecular weight is 235 g/mol. The minimum Gasteiger partial charge on any atom is -0.489 e. The zero-order chi connectivity index (χ0) is 12.8. The second-order valence-electron chi connectivity index (χ2n) is 4.82. The molecule has 0 amide bonds. The largest absolute Gasteiger partial charge is 0.489 e. The predicted octanol–water partition coefficient (Wildman–Crippen LogP) is 3.03. The van der Waals surface area contributed by atoms with Crippen LogP contribution in [0.25, 0.3) is 0 Å². The lowest BCUT2D eigenvalue weighted by atomic mass is 10.0. The summed E-state index contributed by atoms with van der Waals surface area (Å²) >= 11 is 0. The van der Waals surface area contributed by atoms with Gasteiger partial charge in [0.1, 0.15) is 11.5 Å². The fourth-order valence-corrected chi connectivity index (χ4v) is 1.49. The van der Waals surface area contributed by atoms with Crippen LogP contribution in [0.3, 0.4) is 0 Å². The van der Waals surface area contributed by atoms with Gasteiger partial charge in [0.25, 0.3) is 0 Å². The number of ether oxygens (including phenoxy) is 1. The third-order valence-electron chi connectivity index (χ3n) is 2.45. The van der Waals surface area contributed by atoms with E-state index >= 15 is 0 Å². The van der Waals surface area contributed by atoms with E-state index < -0.39 is 0 Å². The average Bonchev–Trinajstić information content (AvgIpc) is 2.25. The third kappa shape index (κ3) is 4.98. The maximum atomic E-state index is 11.5. The van der Waals surface area contributed by atoms with Crippen LogP contribution in [0, 0.1) is 5.92 Å². The molecule has 0 aliphatic carbocycles. The number of hydrogen-bond donors (Lipinski definition) is 0. The number of carbonyl (C=O) groups excluding carboxylic acids is 1. The Morgan fingerprint density at radius 2 is 2.00 bits per heavy atom. The predicted molar refractivity (Wildman–Crippen MR) is 68.2 cm³/mol. The molecule has 0 spiro atoms. The molecule has 3 heteroatoms. The van der Waals surface area contributed by atoms with E-state index in [0.717, 1.165) is 17.7 Å². The van der Waals surface area contributed by atoms with Crippen LogP contribution in [0.1, 0.15) is 39.7 Å². The van der Waals surface area contributed by atoms with Crippen LogP contribution in [0.4, 0.5) is 0 Å². The molecule has 0 N–H and O–H groups in total. The summed E-state index contributed by atoms with van der Waals surface area (Å²) in [4.78, 5) is 15.7. The summed E-state index contributed by atoms with van der Waals surface area (Å²) < 4.78 is 5.56. The molecule has 0 saturated heterocycles. The van der Waals surface area contributed by atoms with Gasteiger partial charge in [0.05, 0.1) is 12.3 Å². The van der Waals surface area contributed by atoms with Crippen LogP contribution in [0.2, 0.25) is 0 Å². The lowest BCUT2D eigenvalue weighted by Crippen LogP contribution is -2.09. The molecule has 0 aliphatic rings. The van der Waals surface area contributed by atoms with E-state index in [2.05, 4.69) is 4.98 Å². The zero-order valence-corrected chi connectivity index (χ0v) is 11.1. The Morgan fingerprint density at radius 3 is 2.59 bits per heavy atom. The minimum absolute atomic E-state index is 0.109. The van der Waals surface area contributed by atoms with E-state index in [1.807, 2.05) is 33.8 Å². The summed E-state index contributed by atoms with van der Waals surface area (Å²) in [5, 5.41) is 0. The highest BCUT2D eigenvalue weighted by molar-refractivity contribution is 5.80. The van der Waals surface area contributed by atoms with E-state index in [-0.39, 0.29) is 12.0 Å². The summed E-state index contributed by atoms with van der Waals surface area (Å²) in [6.45, 7) is 7.82. The topological polar surface area (TPSA) is 39.2 Å². The first-order chi connectivity index (χ1) is 7.99. The van der Waals surface area contributed by atoms with Crippen LogP contribution < -0.4 is 4.74 Å². The Morgan fingerprint density at radius 1 is 1.29 bits per heavy atom. The molecular formula is C14H21NO2. The highest BCUT2D eigenvalue weighted by Crippen LogP contribution is 2.15. The van der Waals surface area contributed by atoms with Crippen LogP contribution in [-0.4, -0.2) is 16.9 Å². The lowest BCUT2D eigenvalue weighted by Gasteiger charge is -2.10. The van der Waals surface area contributed by atoms with E-state index in [0.29, 0.717) is 12.2 Å². The molecule has 1 heterocycles. The molecule has 1 aromatic rings. The molecule has 0 radical (unpaired) electrons. The first-order valence-corrected chi connectivity index (χ1v) is 6.12. The maximum absolute atomic E-state index is 11.5. The molecule has 0 saturated carbocycles. The molecule has 0 aromatic carbocycles. The zero-order valence-electron chi connectivity index (χ0n) is 11.1. The van der Waals surface area contributed by atoms with E-state index in [1.165, 1.54) is 0 Å². The van der Waals surface area contributed by atoms with Crippen molar-refractivity contribution in [2.45, 2.75) is 46.6 Å². The molecule has 0 fully saturated rings. The molecule has 1 rings (SSSR count). The number of nitrogens with zero attached hydrogens (tertiary/aromatic N) is 1. The van der Waals surface area contributed by atoms with Crippen LogP contribution >= 0.6 is 0 Å².